The van der Waals surface area contributed by atoms with E-state index in [9.17, 15) is 4.39 Å². The molecule has 2 unspecified atom stereocenters. The third-order valence-corrected chi connectivity index (χ3v) is 3.76. The van der Waals surface area contributed by atoms with Crippen LogP contribution in [0.4, 0.5) is 4.39 Å². The molecule has 1 aromatic rings. The quantitative estimate of drug-likeness (QED) is 0.898. The number of rotatable bonds is 3. The monoisotopic (exact) mass is 271 g/mol. The van der Waals surface area contributed by atoms with Gasteiger partial charge < -0.3 is 5.73 Å². The fourth-order valence-electron chi connectivity index (χ4n) is 2.25. The van der Waals surface area contributed by atoms with E-state index >= 15 is 0 Å². The van der Waals surface area contributed by atoms with Crippen molar-refractivity contribution in [3.05, 3.63) is 34.1 Å². The molecule has 0 saturated heterocycles. The van der Waals surface area contributed by atoms with Gasteiger partial charge in [0.25, 0.3) is 0 Å². The summed E-state index contributed by atoms with van der Waals surface area (Å²) in [6.45, 7) is 0.765. The zero-order valence-corrected chi connectivity index (χ0v) is 10.1. The van der Waals surface area contributed by atoms with Crippen LogP contribution in [0.2, 0.25) is 0 Å². The highest BCUT2D eigenvalue weighted by Crippen LogP contribution is 2.36. The Morgan fingerprint density at radius 2 is 2.00 bits per heavy atom. The van der Waals surface area contributed by atoms with Gasteiger partial charge in [0.2, 0.25) is 0 Å². The molecule has 0 bridgehead atoms. The fourth-order valence-corrected chi connectivity index (χ4v) is 2.76. The molecule has 2 atom stereocenters. The van der Waals surface area contributed by atoms with E-state index in [1.165, 1.54) is 18.9 Å². The Morgan fingerprint density at radius 3 is 2.53 bits per heavy atom. The smallest absolute Gasteiger partial charge is 0.124 e. The highest BCUT2D eigenvalue weighted by molar-refractivity contribution is 9.10. The molecule has 2 rings (SSSR count). The van der Waals surface area contributed by atoms with Crippen molar-refractivity contribution in [2.45, 2.75) is 19.3 Å². The summed E-state index contributed by atoms with van der Waals surface area (Å²) >= 11 is 3.31. The van der Waals surface area contributed by atoms with E-state index in [1.54, 1.807) is 6.07 Å². The van der Waals surface area contributed by atoms with Crippen molar-refractivity contribution >= 4 is 15.9 Å². The lowest BCUT2D eigenvalue weighted by Gasteiger charge is -2.36. The SMILES string of the molecule is NCC1CCC1Cc1cc(F)cc(Br)c1. The Labute approximate surface area is 98.0 Å². The maximum atomic E-state index is 13.1. The Hall–Kier alpha value is -0.410. The topological polar surface area (TPSA) is 26.0 Å². The highest BCUT2D eigenvalue weighted by Gasteiger charge is 2.29. The Kier molecular flexibility index (Phi) is 3.42. The molecule has 1 saturated carbocycles. The average Bonchev–Trinajstić information content (AvgIpc) is 2.12. The minimum absolute atomic E-state index is 0.164. The molecule has 1 nitrogen and oxygen atoms in total. The first-order valence-corrected chi connectivity index (χ1v) is 6.13. The summed E-state index contributed by atoms with van der Waals surface area (Å²) in [7, 11) is 0. The van der Waals surface area contributed by atoms with Crippen LogP contribution in [-0.2, 0) is 6.42 Å². The van der Waals surface area contributed by atoms with E-state index in [0.29, 0.717) is 11.8 Å². The van der Waals surface area contributed by atoms with Crippen molar-refractivity contribution in [3.8, 4) is 0 Å². The van der Waals surface area contributed by atoms with Crippen molar-refractivity contribution in [1.82, 2.24) is 0 Å². The Balaban J connectivity index is 2.04. The third kappa shape index (κ3) is 2.58. The Morgan fingerprint density at radius 1 is 1.27 bits per heavy atom. The molecule has 1 aliphatic carbocycles. The largest absolute Gasteiger partial charge is 0.330 e. The summed E-state index contributed by atoms with van der Waals surface area (Å²) < 4.78 is 13.9. The fraction of sp³-hybridized carbons (Fsp3) is 0.500. The molecular formula is C12H15BrFN. The van der Waals surface area contributed by atoms with Crippen LogP contribution in [0, 0.1) is 17.7 Å². The van der Waals surface area contributed by atoms with Gasteiger partial charge in [-0.15, -0.1) is 0 Å². The summed E-state index contributed by atoms with van der Waals surface area (Å²) in [5.41, 5.74) is 6.73. The second kappa shape index (κ2) is 4.62. The molecule has 0 amide bonds. The van der Waals surface area contributed by atoms with Crippen LogP contribution in [0.15, 0.2) is 22.7 Å². The predicted molar refractivity (Wildman–Crippen MR) is 63.1 cm³/mol. The number of hydrogen-bond acceptors (Lipinski definition) is 1. The van der Waals surface area contributed by atoms with Crippen LogP contribution in [0.25, 0.3) is 0 Å². The van der Waals surface area contributed by atoms with Crippen molar-refractivity contribution in [2.24, 2.45) is 17.6 Å². The van der Waals surface area contributed by atoms with Gasteiger partial charge in [0, 0.05) is 4.47 Å². The van der Waals surface area contributed by atoms with E-state index in [1.807, 2.05) is 6.07 Å². The summed E-state index contributed by atoms with van der Waals surface area (Å²) in [5.74, 6) is 1.14. The number of halogens is 2. The first-order chi connectivity index (χ1) is 7.19. The van der Waals surface area contributed by atoms with Crippen LogP contribution in [-0.4, -0.2) is 6.54 Å². The lowest BCUT2D eigenvalue weighted by atomic mass is 9.71. The molecule has 0 spiro atoms. The zero-order valence-electron chi connectivity index (χ0n) is 8.55. The van der Waals surface area contributed by atoms with Crippen LogP contribution in [0.1, 0.15) is 18.4 Å². The van der Waals surface area contributed by atoms with Gasteiger partial charge in [-0.3, -0.25) is 0 Å². The van der Waals surface area contributed by atoms with Gasteiger partial charge in [-0.25, -0.2) is 4.39 Å². The van der Waals surface area contributed by atoms with Crippen molar-refractivity contribution in [3.63, 3.8) is 0 Å². The normalized spacial score (nSPS) is 25.0. The Bertz CT molecular complexity index is 331. The van der Waals surface area contributed by atoms with Gasteiger partial charge in [-0.05, 0) is 61.4 Å². The van der Waals surface area contributed by atoms with Gasteiger partial charge in [0.05, 0.1) is 0 Å². The molecule has 15 heavy (non-hydrogen) atoms. The van der Waals surface area contributed by atoms with Crippen molar-refractivity contribution in [1.29, 1.82) is 0 Å². The molecule has 0 radical (unpaired) electrons. The number of benzene rings is 1. The summed E-state index contributed by atoms with van der Waals surface area (Å²) in [4.78, 5) is 0. The minimum Gasteiger partial charge on any atom is -0.330 e. The molecule has 1 aromatic carbocycles. The molecule has 0 heterocycles. The molecule has 2 N–H and O–H groups in total. The van der Waals surface area contributed by atoms with Crippen LogP contribution in [0.5, 0.6) is 0 Å². The zero-order chi connectivity index (χ0) is 10.8. The summed E-state index contributed by atoms with van der Waals surface area (Å²) in [6, 6.07) is 5.11. The standard InChI is InChI=1S/C12H15BrFN/c13-11-4-8(5-12(14)6-11)3-9-1-2-10(9)7-15/h4-6,9-10H,1-3,7,15H2. The van der Waals surface area contributed by atoms with Crippen LogP contribution in [0.3, 0.4) is 0 Å². The maximum absolute atomic E-state index is 13.1. The van der Waals surface area contributed by atoms with Crippen LogP contribution < -0.4 is 5.73 Å². The second-order valence-corrected chi connectivity index (χ2v) is 5.23. The number of nitrogens with two attached hydrogens (primary N) is 1. The van der Waals surface area contributed by atoms with E-state index in [2.05, 4.69) is 15.9 Å². The van der Waals surface area contributed by atoms with E-state index in [-0.39, 0.29) is 5.82 Å². The molecule has 82 valence electrons. The highest BCUT2D eigenvalue weighted by atomic mass is 79.9. The molecule has 1 fully saturated rings. The van der Waals surface area contributed by atoms with E-state index in [4.69, 9.17) is 5.73 Å². The molecule has 0 aromatic heterocycles. The number of hydrogen-bond donors (Lipinski definition) is 1. The second-order valence-electron chi connectivity index (χ2n) is 4.32. The molecule has 0 aliphatic heterocycles. The van der Waals surface area contributed by atoms with E-state index < -0.39 is 0 Å². The van der Waals surface area contributed by atoms with Gasteiger partial charge in [-0.2, -0.15) is 0 Å². The minimum atomic E-state index is -0.164. The molecule has 3 heteroatoms. The average molecular weight is 272 g/mol. The summed E-state index contributed by atoms with van der Waals surface area (Å²) in [5, 5.41) is 0. The van der Waals surface area contributed by atoms with Gasteiger partial charge in [0.1, 0.15) is 5.82 Å². The predicted octanol–water partition coefficient (Wildman–Crippen LogP) is 3.12. The maximum Gasteiger partial charge on any atom is 0.124 e. The van der Waals surface area contributed by atoms with Gasteiger partial charge >= 0.3 is 0 Å². The molecule has 1 aliphatic rings. The van der Waals surface area contributed by atoms with Gasteiger partial charge in [-0.1, -0.05) is 15.9 Å². The van der Waals surface area contributed by atoms with Crippen molar-refractivity contribution < 1.29 is 4.39 Å². The third-order valence-electron chi connectivity index (χ3n) is 3.30. The van der Waals surface area contributed by atoms with Crippen LogP contribution >= 0.6 is 15.9 Å². The first kappa shape index (κ1) is 11.1. The summed E-state index contributed by atoms with van der Waals surface area (Å²) in [6.07, 6.45) is 3.42. The van der Waals surface area contributed by atoms with Gasteiger partial charge in [0.15, 0.2) is 0 Å². The first-order valence-electron chi connectivity index (χ1n) is 5.34. The van der Waals surface area contributed by atoms with Crippen molar-refractivity contribution in [2.75, 3.05) is 6.54 Å². The van der Waals surface area contributed by atoms with E-state index in [0.717, 1.165) is 23.0 Å². The lowest BCUT2D eigenvalue weighted by molar-refractivity contribution is 0.183. The molecular weight excluding hydrogens is 257 g/mol. The lowest BCUT2D eigenvalue weighted by Crippen LogP contribution is -2.33.